The lowest BCUT2D eigenvalue weighted by atomic mass is 9.85. The van der Waals surface area contributed by atoms with Crippen molar-refractivity contribution >= 4 is 13.7 Å². The Morgan fingerprint density at radius 1 is 0.565 bits per heavy atom. The van der Waals surface area contributed by atoms with Crippen LogP contribution < -0.4 is 5.32 Å². The number of allylic oxidation sites excluding steroid dienone is 3. The van der Waals surface area contributed by atoms with Gasteiger partial charge in [0, 0.05) is 0 Å². The van der Waals surface area contributed by atoms with Crippen molar-refractivity contribution in [1.82, 2.24) is 5.32 Å². The summed E-state index contributed by atoms with van der Waals surface area (Å²) < 4.78 is 22.9. The first-order valence-electron chi connectivity index (χ1n) is 24.9. The molecule has 0 radical (unpaired) electrons. The van der Waals surface area contributed by atoms with E-state index in [4.69, 9.17) is 9.05 Å². The molecule has 0 aromatic rings. The molecule has 62 heavy (non-hydrogen) atoms. The Kier molecular flexibility index (Phi) is 36.0. The average Bonchev–Trinajstić information content (AvgIpc) is 3.24. The molecule has 366 valence electrons. The lowest BCUT2D eigenvalue weighted by molar-refractivity contribution is -0.220. The van der Waals surface area contributed by atoms with Crippen molar-refractivity contribution in [3.8, 4) is 0 Å². The van der Waals surface area contributed by atoms with E-state index in [1.165, 1.54) is 141 Å². The number of unbranched alkanes of at least 4 members (excludes halogenated alkanes) is 26. The van der Waals surface area contributed by atoms with Crippen LogP contribution in [0.25, 0.3) is 0 Å². The SMILES string of the molecule is CCCCCCCCCC/C=C/CC/C=C/C(O)C(COP(=O)(O)OC1C(O)C(O)C(O)C(O)C1O)NC(=O)CC(O)CCCCCCCCCCCCCCCCCCCC. The number of amides is 1. The molecular formula is C48H92NO12P. The van der Waals surface area contributed by atoms with Gasteiger partial charge in [0.15, 0.2) is 0 Å². The molecule has 14 heteroatoms. The Morgan fingerprint density at radius 3 is 1.42 bits per heavy atom. The lowest BCUT2D eigenvalue weighted by Crippen LogP contribution is -2.64. The van der Waals surface area contributed by atoms with Crippen LogP contribution >= 0.6 is 7.82 Å². The maximum Gasteiger partial charge on any atom is 0.472 e. The summed E-state index contributed by atoms with van der Waals surface area (Å²) in [6.07, 6.45) is 28.4. The zero-order chi connectivity index (χ0) is 45.9. The Bertz CT molecular complexity index is 1160. The zero-order valence-electron chi connectivity index (χ0n) is 38.8. The van der Waals surface area contributed by atoms with Gasteiger partial charge in [-0.2, -0.15) is 0 Å². The lowest BCUT2D eigenvalue weighted by Gasteiger charge is -2.41. The van der Waals surface area contributed by atoms with Gasteiger partial charge in [-0.1, -0.05) is 199 Å². The topological polar surface area (TPSA) is 226 Å². The second kappa shape index (κ2) is 37.9. The third-order valence-corrected chi connectivity index (χ3v) is 13.0. The van der Waals surface area contributed by atoms with E-state index in [1.54, 1.807) is 6.08 Å². The normalized spacial score (nSPS) is 23.2. The molecule has 1 fully saturated rings. The maximum atomic E-state index is 13.0. The van der Waals surface area contributed by atoms with Gasteiger partial charge in [0.25, 0.3) is 0 Å². The molecule has 0 spiro atoms. The Hall–Kier alpha value is -1.22. The first-order valence-corrected chi connectivity index (χ1v) is 26.4. The van der Waals surface area contributed by atoms with Crippen molar-refractivity contribution in [1.29, 1.82) is 0 Å². The van der Waals surface area contributed by atoms with Crippen LogP contribution in [0.5, 0.6) is 0 Å². The van der Waals surface area contributed by atoms with E-state index in [0.717, 1.165) is 44.9 Å². The molecule has 1 rings (SSSR count). The number of nitrogens with one attached hydrogen (secondary N) is 1. The molecule has 0 bridgehead atoms. The van der Waals surface area contributed by atoms with Crippen LogP contribution in [-0.2, 0) is 18.4 Å². The predicted octanol–water partition coefficient (Wildman–Crippen LogP) is 8.76. The smallest absolute Gasteiger partial charge is 0.393 e. The molecule has 0 saturated heterocycles. The molecule has 0 aliphatic heterocycles. The number of aliphatic hydroxyl groups is 7. The molecule has 0 aromatic carbocycles. The number of aliphatic hydroxyl groups excluding tert-OH is 7. The van der Waals surface area contributed by atoms with Gasteiger partial charge in [0.1, 0.15) is 36.6 Å². The van der Waals surface area contributed by atoms with Crippen molar-refractivity contribution in [3.05, 3.63) is 24.3 Å². The molecule has 1 aliphatic carbocycles. The summed E-state index contributed by atoms with van der Waals surface area (Å²) >= 11 is 0. The van der Waals surface area contributed by atoms with Crippen LogP contribution in [0.1, 0.15) is 213 Å². The second-order valence-electron chi connectivity index (χ2n) is 17.8. The fourth-order valence-corrected chi connectivity index (χ4v) is 8.93. The van der Waals surface area contributed by atoms with Gasteiger partial charge in [-0.05, 0) is 32.1 Å². The highest BCUT2D eigenvalue weighted by atomic mass is 31.2. The summed E-state index contributed by atoms with van der Waals surface area (Å²) in [5.41, 5.74) is 0. The van der Waals surface area contributed by atoms with Crippen LogP contribution in [0.4, 0.5) is 0 Å². The molecule has 1 aliphatic rings. The number of phosphoric acid groups is 1. The summed E-state index contributed by atoms with van der Waals surface area (Å²) in [7, 11) is -5.15. The van der Waals surface area contributed by atoms with Crippen LogP contribution in [0.2, 0.25) is 0 Å². The first kappa shape index (κ1) is 58.8. The number of rotatable bonds is 41. The largest absolute Gasteiger partial charge is 0.472 e. The van der Waals surface area contributed by atoms with Gasteiger partial charge in [-0.25, -0.2) is 4.57 Å². The highest BCUT2D eigenvalue weighted by Crippen LogP contribution is 2.47. The summed E-state index contributed by atoms with van der Waals surface area (Å²) in [5, 5.41) is 74.5. The van der Waals surface area contributed by atoms with Gasteiger partial charge in [0.05, 0.1) is 31.3 Å². The van der Waals surface area contributed by atoms with Crippen molar-refractivity contribution in [2.75, 3.05) is 6.61 Å². The van der Waals surface area contributed by atoms with Crippen molar-refractivity contribution in [3.63, 3.8) is 0 Å². The monoisotopic (exact) mass is 906 g/mol. The Labute approximate surface area is 375 Å². The second-order valence-corrected chi connectivity index (χ2v) is 19.3. The van der Waals surface area contributed by atoms with Gasteiger partial charge in [-0.15, -0.1) is 0 Å². The van der Waals surface area contributed by atoms with Gasteiger partial charge in [-0.3, -0.25) is 13.8 Å². The average molecular weight is 906 g/mol. The van der Waals surface area contributed by atoms with E-state index < -0.39 is 75.2 Å². The summed E-state index contributed by atoms with van der Waals surface area (Å²) in [4.78, 5) is 23.5. The standard InChI is InChI=1S/C48H92NO12P/c1-3-5-7-9-11-13-15-17-19-20-21-22-23-25-27-29-31-33-35-39(50)37-42(52)49-40(38-60-62(58,59)61-48-46(56)44(54)43(53)45(55)47(48)57)41(51)36-34-32-30-28-26-24-18-16-14-12-10-8-6-4-2/h26,28,34,36,39-41,43-48,50-51,53-57H,3-25,27,29-33,35,37-38H2,1-2H3,(H,49,52)(H,58,59)/b28-26+,36-34+. The van der Waals surface area contributed by atoms with Crippen LogP contribution in [0.3, 0.4) is 0 Å². The van der Waals surface area contributed by atoms with E-state index in [0.29, 0.717) is 12.8 Å². The molecular weight excluding hydrogens is 813 g/mol. The fourth-order valence-electron chi connectivity index (χ4n) is 7.96. The number of hydrogen-bond donors (Lipinski definition) is 9. The highest BCUT2D eigenvalue weighted by molar-refractivity contribution is 7.47. The van der Waals surface area contributed by atoms with Gasteiger partial charge in [0.2, 0.25) is 5.91 Å². The van der Waals surface area contributed by atoms with Crippen LogP contribution in [0, 0.1) is 0 Å². The Morgan fingerprint density at radius 2 is 0.952 bits per heavy atom. The molecule has 0 heterocycles. The molecule has 0 aromatic heterocycles. The quantitative estimate of drug-likeness (QED) is 0.0159. The van der Waals surface area contributed by atoms with E-state index in [-0.39, 0.29) is 6.42 Å². The summed E-state index contributed by atoms with van der Waals surface area (Å²) in [6.45, 7) is 3.73. The van der Waals surface area contributed by atoms with E-state index in [9.17, 15) is 50.0 Å². The number of phosphoric ester groups is 1. The van der Waals surface area contributed by atoms with Crippen molar-refractivity contribution < 1.29 is 59.0 Å². The molecule has 1 amide bonds. The Balaban J connectivity index is 2.50. The summed E-state index contributed by atoms with van der Waals surface area (Å²) in [5.74, 6) is -0.600. The van der Waals surface area contributed by atoms with E-state index in [2.05, 4.69) is 31.3 Å². The third-order valence-electron chi connectivity index (χ3n) is 12.0. The fraction of sp³-hybridized carbons (Fsp3) is 0.896. The molecule has 8 atom stereocenters. The van der Waals surface area contributed by atoms with Crippen LogP contribution in [0.15, 0.2) is 24.3 Å². The zero-order valence-corrected chi connectivity index (χ0v) is 39.7. The molecule has 1 saturated carbocycles. The molecule has 9 N–H and O–H groups in total. The number of carbonyl (C=O) groups excluding carboxylic acids is 1. The number of carbonyl (C=O) groups is 1. The van der Waals surface area contributed by atoms with E-state index in [1.807, 2.05) is 0 Å². The first-order chi connectivity index (χ1) is 29.8. The highest BCUT2D eigenvalue weighted by Gasteiger charge is 2.51. The van der Waals surface area contributed by atoms with Crippen molar-refractivity contribution in [2.24, 2.45) is 0 Å². The molecule has 13 nitrogen and oxygen atoms in total. The minimum atomic E-state index is -5.15. The predicted molar refractivity (Wildman–Crippen MR) is 247 cm³/mol. The minimum Gasteiger partial charge on any atom is -0.393 e. The minimum absolute atomic E-state index is 0.249. The van der Waals surface area contributed by atoms with E-state index >= 15 is 0 Å². The van der Waals surface area contributed by atoms with Gasteiger partial charge < -0.3 is 46.0 Å². The van der Waals surface area contributed by atoms with Crippen molar-refractivity contribution in [2.45, 2.75) is 268 Å². The maximum absolute atomic E-state index is 13.0. The summed E-state index contributed by atoms with van der Waals surface area (Å²) in [6, 6.07) is -1.25. The third kappa shape index (κ3) is 29.3. The van der Waals surface area contributed by atoms with Gasteiger partial charge >= 0.3 is 7.82 Å². The number of hydrogen-bond acceptors (Lipinski definition) is 11. The van der Waals surface area contributed by atoms with Crippen LogP contribution in [-0.4, -0.2) is 108 Å². The molecule has 8 unspecified atom stereocenters.